The summed E-state index contributed by atoms with van der Waals surface area (Å²) in [6, 6.07) is 7.04. The van der Waals surface area contributed by atoms with E-state index in [1.54, 1.807) is 17.7 Å². The molecule has 1 aliphatic heterocycles. The second kappa shape index (κ2) is 5.29. The number of benzene rings is 1. The van der Waals surface area contributed by atoms with Gasteiger partial charge >= 0.3 is 0 Å². The highest BCUT2D eigenvalue weighted by Gasteiger charge is 2.30. The standard InChI is InChI=1S/C16H17N3O3/c1-10-16(22)18(9-15(21)17-10)7-12-8-19(11(2)20)14-6-4-3-5-13(12)14/h3-6,8,10H,7,9H2,1-2H3,(H,17,21)/t10-/m0/s1. The highest BCUT2D eigenvalue weighted by atomic mass is 16.2. The number of rotatable bonds is 2. The molecule has 0 bridgehead atoms. The molecule has 1 saturated heterocycles. The third-order valence-corrected chi connectivity index (χ3v) is 3.89. The maximum Gasteiger partial charge on any atom is 0.245 e. The molecule has 0 aliphatic carbocycles. The Labute approximate surface area is 127 Å². The van der Waals surface area contributed by atoms with Gasteiger partial charge in [-0.25, -0.2) is 0 Å². The third-order valence-electron chi connectivity index (χ3n) is 3.89. The van der Waals surface area contributed by atoms with Gasteiger partial charge in [-0.3, -0.25) is 19.0 Å². The van der Waals surface area contributed by atoms with Crippen LogP contribution in [0, 0.1) is 0 Å². The van der Waals surface area contributed by atoms with Crippen molar-refractivity contribution < 1.29 is 14.4 Å². The molecule has 2 heterocycles. The molecule has 0 unspecified atom stereocenters. The molecule has 1 N–H and O–H groups in total. The fourth-order valence-corrected chi connectivity index (χ4v) is 2.85. The number of carbonyl (C=O) groups excluding carboxylic acids is 3. The van der Waals surface area contributed by atoms with E-state index in [1.165, 1.54) is 11.8 Å². The van der Waals surface area contributed by atoms with E-state index in [4.69, 9.17) is 0 Å². The Balaban J connectivity index is 1.99. The van der Waals surface area contributed by atoms with Crippen LogP contribution >= 0.6 is 0 Å². The van der Waals surface area contributed by atoms with Gasteiger partial charge in [0.15, 0.2) is 0 Å². The zero-order chi connectivity index (χ0) is 15.9. The van der Waals surface area contributed by atoms with Crippen molar-refractivity contribution in [3.8, 4) is 0 Å². The van der Waals surface area contributed by atoms with Gasteiger partial charge in [0.25, 0.3) is 0 Å². The van der Waals surface area contributed by atoms with Crippen LogP contribution in [-0.2, 0) is 16.1 Å². The average molecular weight is 299 g/mol. The van der Waals surface area contributed by atoms with Gasteiger partial charge < -0.3 is 10.2 Å². The number of fused-ring (bicyclic) bond motifs is 1. The van der Waals surface area contributed by atoms with E-state index in [1.807, 2.05) is 24.3 Å². The van der Waals surface area contributed by atoms with E-state index in [2.05, 4.69) is 5.32 Å². The van der Waals surface area contributed by atoms with Crippen LogP contribution in [0.4, 0.5) is 0 Å². The molecule has 0 spiro atoms. The summed E-state index contributed by atoms with van der Waals surface area (Å²) in [5, 5.41) is 3.54. The maximum atomic E-state index is 12.2. The van der Waals surface area contributed by atoms with Crippen molar-refractivity contribution in [3.05, 3.63) is 36.0 Å². The summed E-state index contributed by atoms with van der Waals surface area (Å²) in [6.45, 7) is 3.53. The van der Waals surface area contributed by atoms with Crippen molar-refractivity contribution in [2.75, 3.05) is 6.54 Å². The molecular weight excluding hydrogens is 282 g/mol. The molecule has 2 amide bonds. The van der Waals surface area contributed by atoms with E-state index in [9.17, 15) is 14.4 Å². The van der Waals surface area contributed by atoms with Crippen LogP contribution in [0.15, 0.2) is 30.5 Å². The van der Waals surface area contributed by atoms with Crippen molar-refractivity contribution in [1.29, 1.82) is 0 Å². The quantitative estimate of drug-likeness (QED) is 0.904. The molecule has 3 rings (SSSR count). The topological polar surface area (TPSA) is 71.4 Å². The summed E-state index contributed by atoms with van der Waals surface area (Å²) in [5.41, 5.74) is 1.67. The first-order valence-corrected chi connectivity index (χ1v) is 7.15. The van der Waals surface area contributed by atoms with Crippen LogP contribution in [0.3, 0.4) is 0 Å². The number of nitrogens with one attached hydrogen (secondary N) is 1. The van der Waals surface area contributed by atoms with E-state index < -0.39 is 6.04 Å². The number of para-hydroxylation sites is 1. The number of nitrogens with zero attached hydrogens (tertiary/aromatic N) is 2. The minimum atomic E-state index is -0.512. The Bertz CT molecular complexity index is 778. The predicted octanol–water partition coefficient (Wildman–Crippen LogP) is 1.15. The van der Waals surface area contributed by atoms with Gasteiger partial charge in [-0.15, -0.1) is 0 Å². The monoisotopic (exact) mass is 299 g/mol. The molecule has 2 aromatic rings. The molecule has 1 fully saturated rings. The molecule has 1 aliphatic rings. The second-order valence-corrected chi connectivity index (χ2v) is 5.54. The smallest absolute Gasteiger partial charge is 0.245 e. The minimum Gasteiger partial charge on any atom is -0.343 e. The normalized spacial score (nSPS) is 18.6. The molecule has 1 aromatic heterocycles. The molecule has 0 radical (unpaired) electrons. The summed E-state index contributed by atoms with van der Waals surface area (Å²) in [5.74, 6) is -0.361. The molecule has 22 heavy (non-hydrogen) atoms. The summed E-state index contributed by atoms with van der Waals surface area (Å²) in [6.07, 6.45) is 1.75. The number of amides is 2. The largest absolute Gasteiger partial charge is 0.343 e. The Morgan fingerprint density at radius 2 is 2.05 bits per heavy atom. The van der Waals surface area contributed by atoms with Gasteiger partial charge in [0, 0.05) is 25.1 Å². The van der Waals surface area contributed by atoms with Crippen LogP contribution < -0.4 is 5.32 Å². The van der Waals surface area contributed by atoms with Crippen LogP contribution in [0.25, 0.3) is 10.9 Å². The fourth-order valence-electron chi connectivity index (χ4n) is 2.85. The number of piperazine rings is 1. The lowest BCUT2D eigenvalue weighted by Gasteiger charge is -2.30. The van der Waals surface area contributed by atoms with Gasteiger partial charge in [-0.05, 0) is 18.6 Å². The number of aromatic nitrogens is 1. The van der Waals surface area contributed by atoms with E-state index >= 15 is 0 Å². The lowest BCUT2D eigenvalue weighted by molar-refractivity contribution is -0.144. The van der Waals surface area contributed by atoms with Gasteiger partial charge in [0.2, 0.25) is 17.7 Å². The Morgan fingerprint density at radius 3 is 2.77 bits per heavy atom. The highest BCUT2D eigenvalue weighted by molar-refractivity contribution is 5.96. The minimum absolute atomic E-state index is 0.0444. The van der Waals surface area contributed by atoms with Gasteiger partial charge in [0.1, 0.15) is 6.04 Å². The van der Waals surface area contributed by atoms with Crippen molar-refractivity contribution in [2.45, 2.75) is 26.4 Å². The van der Waals surface area contributed by atoms with Crippen molar-refractivity contribution >= 4 is 28.6 Å². The van der Waals surface area contributed by atoms with Crippen LogP contribution in [0.5, 0.6) is 0 Å². The first kappa shape index (κ1) is 14.3. The second-order valence-electron chi connectivity index (χ2n) is 5.54. The van der Waals surface area contributed by atoms with Crippen LogP contribution in [-0.4, -0.2) is 39.8 Å². The lowest BCUT2D eigenvalue weighted by Crippen LogP contribution is -2.56. The molecule has 114 valence electrons. The number of hydrogen-bond acceptors (Lipinski definition) is 3. The van der Waals surface area contributed by atoms with Crippen LogP contribution in [0.2, 0.25) is 0 Å². The Morgan fingerprint density at radius 1 is 1.32 bits per heavy atom. The summed E-state index contributed by atoms with van der Waals surface area (Å²) < 4.78 is 1.57. The summed E-state index contributed by atoms with van der Waals surface area (Å²) >= 11 is 0. The van der Waals surface area contributed by atoms with E-state index in [0.717, 1.165) is 16.5 Å². The summed E-state index contributed by atoms with van der Waals surface area (Å²) in [4.78, 5) is 37.1. The zero-order valence-corrected chi connectivity index (χ0v) is 12.5. The third kappa shape index (κ3) is 2.36. The van der Waals surface area contributed by atoms with Crippen LogP contribution in [0.1, 0.15) is 24.2 Å². The number of hydrogen-bond donors (Lipinski definition) is 1. The predicted molar refractivity (Wildman–Crippen MR) is 81.3 cm³/mol. The summed E-state index contributed by atoms with van der Waals surface area (Å²) in [7, 11) is 0. The Kier molecular flexibility index (Phi) is 3.44. The average Bonchev–Trinajstić information content (AvgIpc) is 2.83. The van der Waals surface area contributed by atoms with E-state index in [0.29, 0.717) is 6.54 Å². The molecule has 1 atom stereocenters. The van der Waals surface area contributed by atoms with Gasteiger partial charge in [-0.1, -0.05) is 18.2 Å². The van der Waals surface area contributed by atoms with Crippen molar-refractivity contribution in [3.63, 3.8) is 0 Å². The first-order valence-electron chi connectivity index (χ1n) is 7.15. The SMILES string of the molecule is CC(=O)n1cc(CN2CC(=O)N[C@@H](C)C2=O)c2ccccc21. The fraction of sp³-hybridized carbons (Fsp3) is 0.312. The highest BCUT2D eigenvalue weighted by Crippen LogP contribution is 2.23. The first-order chi connectivity index (χ1) is 10.5. The van der Waals surface area contributed by atoms with Gasteiger partial charge in [-0.2, -0.15) is 0 Å². The molecule has 6 heteroatoms. The van der Waals surface area contributed by atoms with E-state index in [-0.39, 0.29) is 24.3 Å². The van der Waals surface area contributed by atoms with Gasteiger partial charge in [0.05, 0.1) is 12.1 Å². The maximum absolute atomic E-state index is 12.2. The molecule has 1 aromatic carbocycles. The molecular formula is C16H17N3O3. The Hall–Kier alpha value is -2.63. The van der Waals surface area contributed by atoms with Crippen molar-refractivity contribution in [2.24, 2.45) is 0 Å². The number of carbonyl (C=O) groups is 3. The lowest BCUT2D eigenvalue weighted by atomic mass is 10.1. The zero-order valence-electron chi connectivity index (χ0n) is 12.5. The molecule has 0 saturated carbocycles. The van der Waals surface area contributed by atoms with Crippen molar-refractivity contribution in [1.82, 2.24) is 14.8 Å². The molecule has 6 nitrogen and oxygen atoms in total.